The summed E-state index contributed by atoms with van der Waals surface area (Å²) in [5.74, 6) is 0. The molecular formula is C62H50N6. The maximum Gasteiger partial charge on any atom is 0.0571 e. The first-order chi connectivity index (χ1) is 33.6. The highest BCUT2D eigenvalue weighted by molar-refractivity contribution is 6.09. The topological polar surface area (TPSA) is 66.6 Å². The molecule has 0 aliphatic heterocycles. The van der Waals surface area contributed by atoms with Gasteiger partial charge in [0.1, 0.15) is 0 Å². The lowest BCUT2D eigenvalue weighted by Crippen LogP contribution is -2.00. The van der Waals surface area contributed by atoms with E-state index < -0.39 is 0 Å². The van der Waals surface area contributed by atoms with E-state index in [9.17, 15) is 0 Å². The lowest BCUT2D eigenvalue weighted by molar-refractivity contribution is 0.918. The zero-order valence-corrected chi connectivity index (χ0v) is 38.1. The molecule has 12 aromatic rings. The van der Waals surface area contributed by atoms with Gasteiger partial charge in [0.2, 0.25) is 0 Å². The standard InChI is InChI=1S/C62H50N6/c1-2-9-51-52-10-3-6-13-57(52)66(60(51)28-31-63)48-22-16-42(17-23-48)34-45-37-46(35-43-18-24-49(25-19-43)67-58-14-7-4-11-53(58)55-40-64-32-29-61(55)67)39-47(38-45)36-44-20-26-50(27-21-44)68-59-15-8-5-12-54(59)56-41-65-33-30-62(56)68/h3-8,10-33,37-41H,2,9,34-36,63H2,1H3/b31-28-. The number of hydrogen-bond acceptors (Lipinski definition) is 3. The van der Waals surface area contributed by atoms with Gasteiger partial charge >= 0.3 is 0 Å². The quantitative estimate of drug-likeness (QED) is 0.133. The van der Waals surface area contributed by atoms with Crippen LogP contribution in [0.4, 0.5) is 0 Å². The second-order valence-corrected chi connectivity index (χ2v) is 18.0. The summed E-state index contributed by atoms with van der Waals surface area (Å²) in [6.07, 6.45) is 16.0. The van der Waals surface area contributed by atoms with Crippen LogP contribution in [0.3, 0.4) is 0 Å². The van der Waals surface area contributed by atoms with Crippen LogP contribution in [-0.4, -0.2) is 23.7 Å². The molecule has 0 fully saturated rings. The molecule has 7 aromatic carbocycles. The van der Waals surface area contributed by atoms with E-state index in [1.165, 1.54) is 71.7 Å². The SMILES string of the molecule is CCCc1c(/C=C\N)n(-c2ccc(Cc3cc(Cc4ccc(-n5c6ccccc6c6cnccc65)cc4)cc(Cc4ccc(-n5c6ccccc6c6cnccc65)cc4)c3)cc2)c2ccccc12. The number of aromatic nitrogens is 5. The van der Waals surface area contributed by atoms with Crippen molar-refractivity contribution in [2.45, 2.75) is 39.0 Å². The van der Waals surface area contributed by atoms with Crippen molar-refractivity contribution in [2.24, 2.45) is 5.73 Å². The van der Waals surface area contributed by atoms with E-state index in [2.05, 4.69) is 213 Å². The summed E-state index contributed by atoms with van der Waals surface area (Å²) in [5, 5.41) is 6.04. The number of fused-ring (bicyclic) bond motifs is 7. The smallest absolute Gasteiger partial charge is 0.0571 e. The summed E-state index contributed by atoms with van der Waals surface area (Å²) in [7, 11) is 0. The minimum Gasteiger partial charge on any atom is -0.405 e. The van der Waals surface area contributed by atoms with Gasteiger partial charge in [0.15, 0.2) is 0 Å². The molecule has 0 saturated carbocycles. The fraction of sp³-hybridized carbons (Fsp3) is 0.0968. The van der Waals surface area contributed by atoms with Gasteiger partial charge in [0, 0.05) is 68.8 Å². The fourth-order valence-electron chi connectivity index (χ4n) is 10.7. The number of para-hydroxylation sites is 3. The maximum atomic E-state index is 6.05. The van der Waals surface area contributed by atoms with E-state index in [0.29, 0.717) is 0 Å². The van der Waals surface area contributed by atoms with Crippen molar-refractivity contribution in [3.05, 3.63) is 252 Å². The van der Waals surface area contributed by atoms with Gasteiger partial charge in [-0.05, 0) is 144 Å². The lowest BCUT2D eigenvalue weighted by atomic mass is 9.94. The predicted molar refractivity (Wildman–Crippen MR) is 283 cm³/mol. The number of rotatable bonds is 12. The Balaban J connectivity index is 0.876. The number of nitrogens with zero attached hydrogens (tertiary/aromatic N) is 5. The van der Waals surface area contributed by atoms with Gasteiger partial charge in [0.25, 0.3) is 0 Å². The monoisotopic (exact) mass is 878 g/mol. The number of nitrogens with two attached hydrogens (primary N) is 1. The zero-order chi connectivity index (χ0) is 45.6. The molecule has 12 rings (SSSR count). The van der Waals surface area contributed by atoms with Crippen LogP contribution in [0.5, 0.6) is 0 Å². The van der Waals surface area contributed by atoms with E-state index in [4.69, 9.17) is 5.73 Å². The molecular weight excluding hydrogens is 829 g/mol. The molecule has 0 radical (unpaired) electrons. The molecule has 6 heteroatoms. The molecule has 328 valence electrons. The van der Waals surface area contributed by atoms with Crippen LogP contribution in [0.1, 0.15) is 58.0 Å². The summed E-state index contributed by atoms with van der Waals surface area (Å²) in [5.41, 5.74) is 25.6. The third kappa shape index (κ3) is 7.31. The summed E-state index contributed by atoms with van der Waals surface area (Å²) in [6.45, 7) is 2.24. The molecule has 0 atom stereocenters. The van der Waals surface area contributed by atoms with Crippen LogP contribution >= 0.6 is 0 Å². The minimum absolute atomic E-state index is 0.827. The highest BCUT2D eigenvalue weighted by Crippen LogP contribution is 2.35. The summed E-state index contributed by atoms with van der Waals surface area (Å²) >= 11 is 0. The maximum absolute atomic E-state index is 6.05. The highest BCUT2D eigenvalue weighted by Gasteiger charge is 2.17. The molecule has 0 aliphatic carbocycles. The number of benzene rings is 7. The van der Waals surface area contributed by atoms with E-state index in [0.717, 1.165) is 76.7 Å². The first-order valence-corrected chi connectivity index (χ1v) is 23.7. The second-order valence-electron chi connectivity index (χ2n) is 18.0. The molecule has 68 heavy (non-hydrogen) atoms. The third-order valence-corrected chi connectivity index (χ3v) is 13.6. The van der Waals surface area contributed by atoms with Crippen LogP contribution in [0.15, 0.2) is 207 Å². The lowest BCUT2D eigenvalue weighted by Gasteiger charge is -2.14. The Morgan fingerprint density at radius 3 is 1.22 bits per heavy atom. The Labute approximate surface area is 395 Å². The van der Waals surface area contributed by atoms with Gasteiger partial charge in [-0.1, -0.05) is 123 Å². The molecule has 0 unspecified atom stereocenters. The Hall–Kier alpha value is -8.48. The number of aryl methyl sites for hydroxylation is 1. The van der Waals surface area contributed by atoms with Gasteiger partial charge < -0.3 is 19.4 Å². The first-order valence-electron chi connectivity index (χ1n) is 23.7. The number of pyridine rings is 2. The van der Waals surface area contributed by atoms with Crippen LogP contribution in [0, 0.1) is 0 Å². The molecule has 0 bridgehead atoms. The molecule has 5 aromatic heterocycles. The fourth-order valence-corrected chi connectivity index (χ4v) is 10.7. The van der Waals surface area contributed by atoms with Crippen molar-refractivity contribution in [1.82, 2.24) is 23.7 Å². The van der Waals surface area contributed by atoms with Crippen LogP contribution in [0.2, 0.25) is 0 Å². The van der Waals surface area contributed by atoms with E-state index in [-0.39, 0.29) is 0 Å². The Kier molecular flexibility index (Phi) is 10.5. The normalized spacial score (nSPS) is 11.9. The largest absolute Gasteiger partial charge is 0.405 e. The molecule has 6 nitrogen and oxygen atoms in total. The second kappa shape index (κ2) is 17.4. The molecule has 0 amide bonds. The van der Waals surface area contributed by atoms with Gasteiger partial charge in [-0.3, -0.25) is 9.97 Å². The van der Waals surface area contributed by atoms with Crippen molar-refractivity contribution < 1.29 is 0 Å². The average Bonchev–Trinajstić information content (AvgIpc) is 4.01. The van der Waals surface area contributed by atoms with E-state index >= 15 is 0 Å². The summed E-state index contributed by atoms with van der Waals surface area (Å²) < 4.78 is 7.06. The van der Waals surface area contributed by atoms with Gasteiger partial charge in [-0.25, -0.2) is 0 Å². The first kappa shape index (κ1) is 41.0. The minimum atomic E-state index is 0.827. The molecule has 0 aliphatic rings. The van der Waals surface area contributed by atoms with Crippen LogP contribution in [0.25, 0.3) is 77.7 Å². The molecule has 0 saturated heterocycles. The van der Waals surface area contributed by atoms with Crippen LogP contribution in [-0.2, 0) is 25.7 Å². The Bertz CT molecular complexity index is 3540. The molecule has 2 N–H and O–H groups in total. The Morgan fingerprint density at radius 2 is 0.794 bits per heavy atom. The third-order valence-electron chi connectivity index (χ3n) is 13.6. The molecule has 0 spiro atoms. The van der Waals surface area contributed by atoms with Crippen molar-refractivity contribution in [3.8, 4) is 17.1 Å². The zero-order valence-electron chi connectivity index (χ0n) is 38.1. The predicted octanol–water partition coefficient (Wildman–Crippen LogP) is 14.3. The van der Waals surface area contributed by atoms with Crippen LogP contribution < -0.4 is 5.73 Å². The van der Waals surface area contributed by atoms with Crippen molar-refractivity contribution in [2.75, 3.05) is 0 Å². The van der Waals surface area contributed by atoms with Crippen molar-refractivity contribution >= 4 is 60.6 Å². The van der Waals surface area contributed by atoms with Gasteiger partial charge in [0.05, 0.1) is 33.3 Å². The average molecular weight is 879 g/mol. The Morgan fingerprint density at radius 1 is 0.412 bits per heavy atom. The van der Waals surface area contributed by atoms with Gasteiger partial charge in [-0.15, -0.1) is 0 Å². The van der Waals surface area contributed by atoms with Crippen molar-refractivity contribution in [1.29, 1.82) is 0 Å². The van der Waals surface area contributed by atoms with E-state index in [1.807, 2.05) is 24.8 Å². The van der Waals surface area contributed by atoms with Crippen molar-refractivity contribution in [3.63, 3.8) is 0 Å². The molecule has 5 heterocycles. The summed E-state index contributed by atoms with van der Waals surface area (Å²) in [4.78, 5) is 8.90. The highest BCUT2D eigenvalue weighted by atomic mass is 15.0. The van der Waals surface area contributed by atoms with E-state index in [1.54, 1.807) is 6.20 Å². The van der Waals surface area contributed by atoms with Gasteiger partial charge in [-0.2, -0.15) is 0 Å². The number of hydrogen-bond donors (Lipinski definition) is 1. The summed E-state index contributed by atoms with van der Waals surface area (Å²) in [6, 6.07) is 64.7.